The van der Waals surface area contributed by atoms with Gasteiger partial charge in [-0.15, -0.1) is 0 Å². The lowest BCUT2D eigenvalue weighted by atomic mass is 9.70. The van der Waals surface area contributed by atoms with E-state index < -0.39 is 5.97 Å². The summed E-state index contributed by atoms with van der Waals surface area (Å²) in [7, 11) is 0. The molecule has 1 aromatic heterocycles. The molecule has 120 valence electrons. The molecule has 23 heavy (non-hydrogen) atoms. The molecule has 0 N–H and O–H groups in total. The molecule has 0 amide bonds. The second-order valence-corrected chi connectivity index (χ2v) is 7.56. The van der Waals surface area contributed by atoms with Crippen molar-refractivity contribution in [2.45, 2.75) is 40.0 Å². The van der Waals surface area contributed by atoms with Crippen LogP contribution in [0.2, 0.25) is 0 Å². The summed E-state index contributed by atoms with van der Waals surface area (Å²) in [4.78, 5) is 17.4. The molecule has 0 radical (unpaired) electrons. The number of carbonyl (C=O) groups excluding carboxylic acids is 1. The van der Waals surface area contributed by atoms with Gasteiger partial charge in [0.1, 0.15) is 5.58 Å². The van der Waals surface area contributed by atoms with Gasteiger partial charge < -0.3 is 9.25 Å². The average molecular weight is 311 g/mol. The number of rotatable bonds is 2. The van der Waals surface area contributed by atoms with E-state index in [4.69, 9.17) is 9.25 Å². The number of nitrogens with zero attached hydrogens (tertiary/aromatic N) is 1. The highest BCUT2D eigenvalue weighted by molar-refractivity contribution is 5.96. The highest BCUT2D eigenvalue weighted by Gasteiger charge is 2.60. The normalized spacial score (nSPS) is 30.2. The first-order chi connectivity index (χ1) is 10.9. The Hall–Kier alpha value is -2.10. The lowest BCUT2D eigenvalue weighted by molar-refractivity contribution is 0.0474. The summed E-state index contributed by atoms with van der Waals surface area (Å²) in [5, 5.41) is 5.12. The monoisotopic (exact) mass is 311 g/mol. The van der Waals surface area contributed by atoms with Crippen LogP contribution in [-0.2, 0) is 4.84 Å². The molecule has 1 heterocycles. The van der Waals surface area contributed by atoms with Crippen LogP contribution in [0.4, 0.5) is 0 Å². The highest BCUT2D eigenvalue weighted by Crippen LogP contribution is 2.64. The summed E-state index contributed by atoms with van der Waals surface area (Å²) in [6, 6.07) is 9.22. The van der Waals surface area contributed by atoms with Crippen molar-refractivity contribution in [1.29, 1.82) is 0 Å². The molecule has 4 heteroatoms. The van der Waals surface area contributed by atoms with Crippen molar-refractivity contribution in [3.8, 4) is 0 Å². The minimum absolute atomic E-state index is 0.0336. The molecule has 2 aromatic rings. The molecule has 2 aliphatic carbocycles. The third kappa shape index (κ3) is 1.97. The van der Waals surface area contributed by atoms with Crippen molar-refractivity contribution in [3.63, 3.8) is 0 Å². The molecular weight excluding hydrogens is 290 g/mol. The minimum atomic E-state index is -0.530. The van der Waals surface area contributed by atoms with E-state index in [-0.39, 0.29) is 16.6 Å². The van der Waals surface area contributed by atoms with Gasteiger partial charge in [0, 0.05) is 10.8 Å². The Balaban J connectivity index is 1.56. The quantitative estimate of drug-likeness (QED) is 0.592. The van der Waals surface area contributed by atoms with E-state index in [1.165, 1.54) is 6.42 Å². The Kier molecular flexibility index (Phi) is 2.96. The van der Waals surface area contributed by atoms with Gasteiger partial charge in [0.15, 0.2) is 0 Å². The number of fused-ring (bicyclic) bond motifs is 3. The molecule has 2 aliphatic rings. The maximum atomic E-state index is 12.2. The molecule has 4 rings (SSSR count). The van der Waals surface area contributed by atoms with Gasteiger partial charge in [0.05, 0.1) is 5.71 Å². The molecule has 2 saturated carbocycles. The zero-order valence-electron chi connectivity index (χ0n) is 13.8. The van der Waals surface area contributed by atoms with Gasteiger partial charge in [-0.2, -0.15) is 0 Å². The van der Waals surface area contributed by atoms with Gasteiger partial charge in [0.2, 0.25) is 5.76 Å². The van der Waals surface area contributed by atoms with E-state index in [0.29, 0.717) is 11.5 Å². The van der Waals surface area contributed by atoms with Crippen molar-refractivity contribution in [2.24, 2.45) is 21.9 Å². The molecule has 4 nitrogen and oxygen atoms in total. The Morgan fingerprint density at radius 2 is 2.09 bits per heavy atom. The van der Waals surface area contributed by atoms with Gasteiger partial charge >= 0.3 is 5.97 Å². The highest BCUT2D eigenvalue weighted by atomic mass is 16.7. The van der Waals surface area contributed by atoms with Crippen LogP contribution in [0.25, 0.3) is 11.0 Å². The van der Waals surface area contributed by atoms with E-state index in [1.807, 2.05) is 24.3 Å². The smallest absolute Gasteiger partial charge is 0.400 e. The fourth-order valence-corrected chi connectivity index (χ4v) is 4.29. The van der Waals surface area contributed by atoms with E-state index in [0.717, 1.165) is 23.9 Å². The first-order valence-electron chi connectivity index (χ1n) is 8.19. The van der Waals surface area contributed by atoms with Crippen LogP contribution in [0.1, 0.15) is 50.6 Å². The van der Waals surface area contributed by atoms with Crippen LogP contribution >= 0.6 is 0 Å². The maximum absolute atomic E-state index is 12.2. The summed E-state index contributed by atoms with van der Waals surface area (Å²) >= 11 is 0. The predicted octanol–water partition coefficient (Wildman–Crippen LogP) is 4.79. The Bertz CT molecular complexity index is 784. The van der Waals surface area contributed by atoms with Crippen LogP contribution in [0.3, 0.4) is 0 Å². The lowest BCUT2D eigenvalue weighted by Crippen LogP contribution is -2.32. The number of benzene rings is 1. The van der Waals surface area contributed by atoms with Crippen molar-refractivity contribution >= 4 is 22.7 Å². The lowest BCUT2D eigenvalue weighted by Gasteiger charge is -2.34. The molecule has 2 bridgehead atoms. The standard InChI is InChI=1S/C19H21NO3/c1-18(2)13-8-9-19(18,3)16(11-13)20-23-17(21)15-10-12-6-4-5-7-14(12)22-15/h4-7,10,13H,8-9,11H2,1-3H3/b20-16-/t13-,19+/m0/s1. The largest absolute Gasteiger partial charge is 0.449 e. The molecule has 1 aromatic carbocycles. The SMILES string of the molecule is CC1(C)[C@H]2CC[C@]1(C)/C(=N\OC(=O)c1cc3ccccc3o1)C2. The number of oxime groups is 1. The van der Waals surface area contributed by atoms with Crippen molar-refractivity contribution in [3.05, 3.63) is 36.1 Å². The fraction of sp³-hybridized carbons (Fsp3) is 0.474. The topological polar surface area (TPSA) is 51.8 Å². The number of hydrogen-bond donors (Lipinski definition) is 0. The van der Waals surface area contributed by atoms with E-state index in [9.17, 15) is 4.79 Å². The summed E-state index contributed by atoms with van der Waals surface area (Å²) in [5.41, 5.74) is 1.95. The Labute approximate surface area is 135 Å². The van der Waals surface area contributed by atoms with Crippen molar-refractivity contribution < 1.29 is 14.0 Å². The van der Waals surface area contributed by atoms with Crippen molar-refractivity contribution in [1.82, 2.24) is 0 Å². The zero-order chi connectivity index (χ0) is 16.2. The Morgan fingerprint density at radius 3 is 2.74 bits per heavy atom. The first kappa shape index (κ1) is 14.5. The molecule has 2 atom stereocenters. The minimum Gasteiger partial charge on any atom is -0.449 e. The third-order valence-corrected chi connectivity index (χ3v) is 6.38. The second-order valence-electron chi connectivity index (χ2n) is 7.56. The summed E-state index contributed by atoms with van der Waals surface area (Å²) in [6.45, 7) is 6.84. The molecule has 0 saturated heterocycles. The zero-order valence-corrected chi connectivity index (χ0v) is 13.8. The molecule has 0 unspecified atom stereocenters. The number of furan rings is 1. The van der Waals surface area contributed by atoms with Gasteiger partial charge in [-0.25, -0.2) is 4.79 Å². The van der Waals surface area contributed by atoms with Gasteiger partial charge in [-0.3, -0.25) is 0 Å². The molecule has 0 aliphatic heterocycles. The van der Waals surface area contributed by atoms with Gasteiger partial charge in [-0.1, -0.05) is 44.1 Å². The average Bonchev–Trinajstić information content (AvgIpc) is 3.11. The van der Waals surface area contributed by atoms with Crippen LogP contribution in [0, 0.1) is 16.7 Å². The van der Waals surface area contributed by atoms with Crippen LogP contribution in [0.15, 0.2) is 39.9 Å². The van der Waals surface area contributed by atoms with Crippen LogP contribution < -0.4 is 0 Å². The summed E-state index contributed by atoms with van der Waals surface area (Å²) in [5.74, 6) is 0.303. The maximum Gasteiger partial charge on any atom is 0.400 e. The number of carbonyl (C=O) groups is 1. The van der Waals surface area contributed by atoms with E-state index in [2.05, 4.69) is 25.9 Å². The summed E-state index contributed by atoms with van der Waals surface area (Å²) in [6.07, 6.45) is 3.28. The van der Waals surface area contributed by atoms with E-state index in [1.54, 1.807) is 6.07 Å². The van der Waals surface area contributed by atoms with E-state index >= 15 is 0 Å². The molecule has 2 fully saturated rings. The van der Waals surface area contributed by atoms with Crippen LogP contribution in [-0.4, -0.2) is 11.7 Å². The number of hydrogen-bond acceptors (Lipinski definition) is 4. The molecule has 0 spiro atoms. The molecular formula is C19H21NO3. The summed E-state index contributed by atoms with van der Waals surface area (Å²) < 4.78 is 5.53. The Morgan fingerprint density at radius 1 is 1.30 bits per heavy atom. The third-order valence-electron chi connectivity index (χ3n) is 6.38. The first-order valence-corrected chi connectivity index (χ1v) is 8.19. The fourth-order valence-electron chi connectivity index (χ4n) is 4.29. The van der Waals surface area contributed by atoms with Gasteiger partial charge in [-0.05, 0) is 42.7 Å². The predicted molar refractivity (Wildman–Crippen MR) is 88.3 cm³/mol. The van der Waals surface area contributed by atoms with Crippen molar-refractivity contribution in [2.75, 3.05) is 0 Å². The second kappa shape index (κ2) is 4.70. The van der Waals surface area contributed by atoms with Gasteiger partial charge in [0.25, 0.3) is 0 Å². The van der Waals surface area contributed by atoms with Crippen LogP contribution in [0.5, 0.6) is 0 Å². The number of para-hydroxylation sites is 1.